The van der Waals surface area contributed by atoms with E-state index in [-0.39, 0.29) is 18.1 Å². The van der Waals surface area contributed by atoms with E-state index in [0.717, 1.165) is 66.1 Å². The summed E-state index contributed by atoms with van der Waals surface area (Å²) in [5, 5.41) is 37.1. The van der Waals surface area contributed by atoms with Crippen molar-refractivity contribution in [1.29, 1.82) is 0 Å². The molecule has 2 aromatic carbocycles. The van der Waals surface area contributed by atoms with Crippen LogP contribution in [-0.2, 0) is 6.42 Å². The molecule has 57 heavy (non-hydrogen) atoms. The molecule has 3 aliphatic heterocycles. The van der Waals surface area contributed by atoms with Crippen LogP contribution in [-0.4, -0.2) is 131 Å². The van der Waals surface area contributed by atoms with Crippen molar-refractivity contribution in [3.63, 3.8) is 0 Å². The molecule has 2 N–H and O–H groups in total. The Morgan fingerprint density at radius 3 is 2.60 bits per heavy atom. The molecule has 1 unspecified atom stereocenters. The number of aromatic nitrogens is 4. The minimum Gasteiger partial charge on any atom is -0.543 e. The van der Waals surface area contributed by atoms with E-state index in [1.54, 1.807) is 12.1 Å². The van der Waals surface area contributed by atoms with E-state index >= 15 is 0 Å². The zero-order valence-electron chi connectivity index (χ0n) is 32.5. The number of fused-ring (bicyclic) bond motifs is 4. The van der Waals surface area contributed by atoms with Crippen molar-refractivity contribution in [3.05, 3.63) is 76.0 Å². The Hall–Kier alpha value is -4.76. The van der Waals surface area contributed by atoms with Crippen LogP contribution in [0.4, 0.5) is 26.3 Å². The van der Waals surface area contributed by atoms with Crippen LogP contribution in [0.2, 0.25) is 0 Å². The molecule has 3 aromatic heterocycles. The van der Waals surface area contributed by atoms with Gasteiger partial charge in [-0.3, -0.25) is 9.80 Å². The molecule has 2 bridgehead atoms. The Kier molecular flexibility index (Phi) is 12.9. The van der Waals surface area contributed by atoms with Gasteiger partial charge in [-0.05, 0) is 88.7 Å². The number of ether oxygens (including phenoxy) is 1. The highest BCUT2D eigenvalue weighted by Gasteiger charge is 2.39. The van der Waals surface area contributed by atoms with E-state index in [0.29, 0.717) is 71.1 Å². The lowest BCUT2D eigenvalue weighted by Gasteiger charge is -2.51. The number of hydrogen-bond acceptors (Lipinski definition) is 14. The third-order valence-electron chi connectivity index (χ3n) is 10.4. The monoisotopic (exact) mass is 813 g/mol. The number of benzene rings is 2. The number of quaternary nitrogens is 1. The maximum Gasteiger partial charge on any atom is 0.191 e. The number of carboxylic acid groups (broad SMARTS) is 1. The van der Waals surface area contributed by atoms with Gasteiger partial charge in [0.05, 0.1) is 49.0 Å². The Balaban J connectivity index is 1.05. The summed E-state index contributed by atoms with van der Waals surface area (Å²) in [4.78, 5) is 28.4. The van der Waals surface area contributed by atoms with Gasteiger partial charge in [0.25, 0.3) is 0 Å². The SMILES string of the molecule is Cc1cc(N(CCCC(O)C[N+]23CCN(CC2)CC3)c2nc(C(=O)[O-])c(CCCOc3ccc(C#CCN(C)C)cc3F)s2)nnc1Nc1nc2ccccc2s1. The van der Waals surface area contributed by atoms with Crippen LogP contribution in [0.25, 0.3) is 10.2 Å². The van der Waals surface area contributed by atoms with Gasteiger partial charge in [0.2, 0.25) is 0 Å². The highest BCUT2D eigenvalue weighted by Crippen LogP contribution is 2.34. The second kappa shape index (κ2) is 18.2. The molecule has 0 aliphatic carbocycles. The number of nitrogens with zero attached hydrogens (tertiary/aromatic N) is 8. The number of thiazole rings is 2. The third kappa shape index (κ3) is 10.2. The standard InChI is InChI=1S/C41H48FN9O4S2/c1-28-25-36(46-47-38(28)45-40-43-32-11-4-5-12-34(32)56-40)50(17-7-10-30(52)27-51-21-18-49(19-22-51)20-23-51)41-44-37(39(53)54)35(57-41)13-8-24-55-33-15-14-29(26-31(33)42)9-6-16-48(2)3/h4-5,11-12,14-15,25-26,30,52H,7-8,10,13,16-24,27H2,1-3H3,(H-,43,45,47,53,54). The number of rotatable bonds is 17. The highest BCUT2D eigenvalue weighted by molar-refractivity contribution is 7.22. The molecule has 3 saturated heterocycles. The molecule has 6 heterocycles. The topological polar surface area (TPSA) is 143 Å². The molecular formula is C41H48FN9O4S2. The number of aromatic carboxylic acids is 1. The van der Waals surface area contributed by atoms with Gasteiger partial charge in [0.1, 0.15) is 18.3 Å². The first-order valence-corrected chi connectivity index (χ1v) is 20.9. The molecule has 1 atom stereocenters. The van der Waals surface area contributed by atoms with Crippen LogP contribution >= 0.6 is 22.7 Å². The molecule has 8 rings (SSSR count). The van der Waals surface area contributed by atoms with E-state index in [1.807, 2.05) is 61.2 Å². The summed E-state index contributed by atoms with van der Waals surface area (Å²) < 4.78 is 22.5. The number of para-hydroxylation sites is 1. The van der Waals surface area contributed by atoms with Crippen LogP contribution in [0, 0.1) is 24.6 Å². The summed E-state index contributed by atoms with van der Waals surface area (Å²) in [5.74, 6) is 5.21. The van der Waals surface area contributed by atoms with E-state index < -0.39 is 17.9 Å². The molecule has 13 nitrogen and oxygen atoms in total. The fourth-order valence-electron chi connectivity index (χ4n) is 7.28. The molecule has 16 heteroatoms. The number of aliphatic hydroxyl groups excluding tert-OH is 1. The first-order chi connectivity index (χ1) is 27.5. The van der Waals surface area contributed by atoms with Gasteiger partial charge in [-0.15, -0.1) is 21.5 Å². The van der Waals surface area contributed by atoms with E-state index in [2.05, 4.69) is 42.2 Å². The predicted molar refractivity (Wildman–Crippen MR) is 220 cm³/mol. The van der Waals surface area contributed by atoms with Crippen molar-refractivity contribution in [2.24, 2.45) is 0 Å². The molecule has 0 radical (unpaired) electrons. The van der Waals surface area contributed by atoms with Gasteiger partial charge in [0, 0.05) is 36.6 Å². The number of aryl methyl sites for hydroxylation is 2. The quantitative estimate of drug-likeness (QED) is 0.0779. The number of halogens is 1. The van der Waals surface area contributed by atoms with Crippen LogP contribution in [0.5, 0.6) is 5.75 Å². The van der Waals surface area contributed by atoms with Gasteiger partial charge in [-0.25, -0.2) is 14.4 Å². The largest absolute Gasteiger partial charge is 0.543 e. The van der Waals surface area contributed by atoms with Crippen molar-refractivity contribution >= 4 is 60.8 Å². The predicted octanol–water partition coefficient (Wildman–Crippen LogP) is 4.45. The molecule has 3 fully saturated rings. The van der Waals surface area contributed by atoms with Gasteiger partial charge in [0.15, 0.2) is 33.5 Å². The molecular weight excluding hydrogens is 766 g/mol. The number of anilines is 4. The summed E-state index contributed by atoms with van der Waals surface area (Å²) in [6.07, 6.45) is 1.48. The lowest BCUT2D eigenvalue weighted by atomic mass is 10.1. The molecule has 0 saturated carbocycles. The average Bonchev–Trinajstić information content (AvgIpc) is 3.81. The lowest BCUT2D eigenvalue weighted by Crippen LogP contribution is -2.68. The Bertz CT molecular complexity index is 2200. The van der Waals surface area contributed by atoms with Crippen LogP contribution in [0.15, 0.2) is 48.5 Å². The summed E-state index contributed by atoms with van der Waals surface area (Å²) in [6, 6.07) is 14.4. The number of hydrogen-bond donors (Lipinski definition) is 2. The second-order valence-corrected chi connectivity index (χ2v) is 17.1. The van der Waals surface area contributed by atoms with Crippen molar-refractivity contribution < 1.29 is 28.6 Å². The number of carbonyl (C=O) groups excluding carboxylic acids is 1. The summed E-state index contributed by atoms with van der Waals surface area (Å²) in [5.41, 5.74) is 2.12. The normalized spacial score (nSPS) is 18.0. The molecule has 5 aromatic rings. The Morgan fingerprint density at radius 1 is 1.09 bits per heavy atom. The van der Waals surface area contributed by atoms with E-state index in [1.165, 1.54) is 28.7 Å². The van der Waals surface area contributed by atoms with Crippen molar-refractivity contribution in [3.8, 4) is 17.6 Å². The van der Waals surface area contributed by atoms with E-state index in [4.69, 9.17) is 4.74 Å². The average molecular weight is 814 g/mol. The van der Waals surface area contributed by atoms with Gasteiger partial charge < -0.3 is 34.4 Å². The van der Waals surface area contributed by atoms with Crippen LogP contribution in [0.1, 0.15) is 45.8 Å². The number of carbonyl (C=O) groups is 1. The fraction of sp³-hybridized carbons (Fsp3) is 0.439. The van der Waals surface area contributed by atoms with Crippen molar-refractivity contribution in [1.82, 2.24) is 30.0 Å². The summed E-state index contributed by atoms with van der Waals surface area (Å²) in [7, 11) is 3.83. The smallest absolute Gasteiger partial charge is 0.191 e. The van der Waals surface area contributed by atoms with E-state index in [9.17, 15) is 19.4 Å². The summed E-state index contributed by atoms with van der Waals surface area (Å²) in [6.45, 7) is 10.3. The van der Waals surface area contributed by atoms with Crippen molar-refractivity contribution in [2.45, 2.75) is 38.7 Å². The van der Waals surface area contributed by atoms with Gasteiger partial charge in [-0.2, -0.15) is 0 Å². The minimum atomic E-state index is -1.38. The van der Waals surface area contributed by atoms with Crippen LogP contribution in [0.3, 0.4) is 0 Å². The van der Waals surface area contributed by atoms with Gasteiger partial charge in [-0.1, -0.05) is 35.3 Å². The Labute approximate surface area is 340 Å². The first-order valence-electron chi connectivity index (χ1n) is 19.3. The maximum absolute atomic E-state index is 14.8. The minimum absolute atomic E-state index is 0.106. The molecule has 0 amide bonds. The van der Waals surface area contributed by atoms with Gasteiger partial charge >= 0.3 is 0 Å². The number of nitrogens with one attached hydrogen (secondary N) is 1. The number of aliphatic hydroxyl groups is 1. The lowest BCUT2D eigenvalue weighted by molar-refractivity contribution is -0.943. The second-order valence-electron chi connectivity index (χ2n) is 15.0. The molecule has 300 valence electrons. The highest BCUT2D eigenvalue weighted by atomic mass is 32.1. The van der Waals surface area contributed by atoms with Crippen molar-refractivity contribution in [2.75, 3.05) is 89.8 Å². The van der Waals surface area contributed by atoms with Crippen LogP contribution < -0.4 is 20.1 Å². The molecule has 0 spiro atoms. The number of piperazine rings is 3. The number of carboxylic acids is 1. The maximum atomic E-state index is 14.8. The summed E-state index contributed by atoms with van der Waals surface area (Å²) >= 11 is 2.77. The third-order valence-corrected chi connectivity index (χ3v) is 12.5. The first kappa shape index (κ1) is 40.4. The molecule has 3 aliphatic rings. The Morgan fingerprint density at radius 2 is 1.88 bits per heavy atom. The fourth-order valence-corrected chi connectivity index (χ4v) is 9.27. The zero-order chi connectivity index (χ0) is 39.9. The zero-order valence-corrected chi connectivity index (χ0v) is 34.2.